The lowest BCUT2D eigenvalue weighted by atomic mass is 10.0. The Labute approximate surface area is 157 Å². The zero-order valence-electron chi connectivity index (χ0n) is 16.0. The summed E-state index contributed by atoms with van der Waals surface area (Å²) in [7, 11) is 0. The number of aromatic nitrogens is 2. The first-order valence-corrected chi connectivity index (χ1v) is 9.38. The van der Waals surface area contributed by atoms with Gasteiger partial charge < -0.3 is 9.64 Å². The molecule has 0 aliphatic carbocycles. The van der Waals surface area contributed by atoms with Crippen molar-refractivity contribution in [2.75, 3.05) is 13.2 Å². The fourth-order valence-corrected chi connectivity index (χ4v) is 3.45. The van der Waals surface area contributed by atoms with Crippen molar-refractivity contribution in [1.82, 2.24) is 14.7 Å². The van der Waals surface area contributed by atoms with Crippen molar-refractivity contribution in [2.24, 2.45) is 0 Å². The Morgan fingerprint density at radius 2 is 1.93 bits per heavy atom. The molecular formula is C20H25N3O4. The van der Waals surface area contributed by atoms with Gasteiger partial charge in [0.1, 0.15) is 0 Å². The molecule has 1 aromatic carbocycles. The van der Waals surface area contributed by atoms with Gasteiger partial charge in [-0.15, -0.1) is 0 Å². The van der Waals surface area contributed by atoms with E-state index in [0.717, 1.165) is 19.3 Å². The van der Waals surface area contributed by atoms with Crippen LogP contribution in [-0.2, 0) is 9.53 Å². The zero-order valence-corrected chi connectivity index (χ0v) is 16.0. The highest BCUT2D eigenvalue weighted by atomic mass is 16.5. The van der Waals surface area contributed by atoms with Gasteiger partial charge in [0.2, 0.25) is 0 Å². The molecule has 1 saturated heterocycles. The average Bonchev–Trinajstić information content (AvgIpc) is 2.66. The minimum absolute atomic E-state index is 0.0541. The summed E-state index contributed by atoms with van der Waals surface area (Å²) >= 11 is 0. The maximum Gasteiger partial charge on any atom is 0.359 e. The van der Waals surface area contributed by atoms with E-state index in [1.807, 2.05) is 20.8 Å². The summed E-state index contributed by atoms with van der Waals surface area (Å²) in [5.41, 5.74) is -0.200. The second-order valence-corrected chi connectivity index (χ2v) is 7.25. The number of hydrogen-bond acceptors (Lipinski definition) is 5. The minimum Gasteiger partial charge on any atom is -0.451 e. The van der Waals surface area contributed by atoms with E-state index in [0.29, 0.717) is 17.3 Å². The second kappa shape index (κ2) is 7.90. The maximum atomic E-state index is 12.6. The van der Waals surface area contributed by atoms with Gasteiger partial charge in [-0.3, -0.25) is 9.59 Å². The highest BCUT2D eigenvalue weighted by Gasteiger charge is 2.25. The Morgan fingerprint density at radius 1 is 1.22 bits per heavy atom. The number of piperidine rings is 1. The molecule has 0 N–H and O–H groups in total. The molecule has 0 bridgehead atoms. The van der Waals surface area contributed by atoms with Crippen LogP contribution >= 0.6 is 0 Å². The first kappa shape index (κ1) is 19.1. The fraction of sp³-hybridized carbons (Fsp3) is 0.500. The molecule has 1 aromatic heterocycles. The summed E-state index contributed by atoms with van der Waals surface area (Å²) in [5, 5.41) is 5.05. The molecule has 2 aromatic rings. The molecule has 3 rings (SSSR count). The molecule has 1 atom stereocenters. The number of likely N-dealkylation sites (tertiary alicyclic amines) is 1. The van der Waals surface area contributed by atoms with Crippen molar-refractivity contribution in [3.8, 4) is 0 Å². The highest BCUT2D eigenvalue weighted by molar-refractivity contribution is 6.02. The Bertz CT molecular complexity index is 919. The predicted octanol–water partition coefficient (Wildman–Crippen LogP) is 2.54. The van der Waals surface area contributed by atoms with E-state index < -0.39 is 5.97 Å². The third kappa shape index (κ3) is 3.86. The molecule has 1 amide bonds. The van der Waals surface area contributed by atoms with Crippen molar-refractivity contribution < 1.29 is 14.3 Å². The summed E-state index contributed by atoms with van der Waals surface area (Å²) in [6.45, 7) is 6.02. The molecule has 144 valence electrons. The van der Waals surface area contributed by atoms with E-state index in [2.05, 4.69) is 5.10 Å². The van der Waals surface area contributed by atoms with Crippen LogP contribution in [0.25, 0.3) is 10.8 Å². The fourth-order valence-electron chi connectivity index (χ4n) is 3.45. The van der Waals surface area contributed by atoms with Gasteiger partial charge in [0.15, 0.2) is 12.3 Å². The molecular weight excluding hydrogens is 346 g/mol. The van der Waals surface area contributed by atoms with E-state index in [-0.39, 0.29) is 35.9 Å². The number of esters is 1. The van der Waals surface area contributed by atoms with Crippen molar-refractivity contribution in [3.63, 3.8) is 0 Å². The van der Waals surface area contributed by atoms with Gasteiger partial charge in [-0.25, -0.2) is 9.48 Å². The third-order valence-electron chi connectivity index (χ3n) is 4.96. The van der Waals surface area contributed by atoms with Gasteiger partial charge in [-0.1, -0.05) is 18.2 Å². The first-order valence-electron chi connectivity index (χ1n) is 9.38. The van der Waals surface area contributed by atoms with Crippen LogP contribution in [0.2, 0.25) is 0 Å². The largest absolute Gasteiger partial charge is 0.451 e. The van der Waals surface area contributed by atoms with E-state index in [9.17, 15) is 14.4 Å². The van der Waals surface area contributed by atoms with Crippen LogP contribution in [0, 0.1) is 0 Å². The van der Waals surface area contributed by atoms with Crippen LogP contribution in [0.3, 0.4) is 0 Å². The number of nitrogens with zero attached hydrogens (tertiary/aromatic N) is 3. The SMILES string of the molecule is CC(C)n1nc(C(=O)OCC(=O)N2CCCC[C@H]2C)c2ccccc2c1=O. The van der Waals surface area contributed by atoms with Crippen LogP contribution in [0.1, 0.15) is 56.6 Å². The number of hydrogen-bond donors (Lipinski definition) is 0. The number of ether oxygens (including phenoxy) is 1. The monoisotopic (exact) mass is 371 g/mol. The van der Waals surface area contributed by atoms with Crippen LogP contribution in [0.5, 0.6) is 0 Å². The Kier molecular flexibility index (Phi) is 5.58. The molecule has 0 saturated carbocycles. The molecule has 0 unspecified atom stereocenters. The van der Waals surface area contributed by atoms with Gasteiger partial charge in [-0.05, 0) is 46.1 Å². The van der Waals surface area contributed by atoms with Gasteiger partial charge in [0.05, 0.1) is 11.4 Å². The van der Waals surface area contributed by atoms with Crippen LogP contribution < -0.4 is 5.56 Å². The zero-order chi connectivity index (χ0) is 19.6. The third-order valence-corrected chi connectivity index (χ3v) is 4.96. The first-order chi connectivity index (χ1) is 12.9. The topological polar surface area (TPSA) is 81.5 Å². The van der Waals surface area contributed by atoms with E-state index in [1.54, 1.807) is 29.2 Å². The summed E-state index contributed by atoms with van der Waals surface area (Å²) < 4.78 is 6.54. The Morgan fingerprint density at radius 3 is 2.59 bits per heavy atom. The molecule has 7 heteroatoms. The minimum atomic E-state index is -0.696. The smallest absolute Gasteiger partial charge is 0.359 e. The van der Waals surface area contributed by atoms with E-state index in [1.165, 1.54) is 4.68 Å². The average molecular weight is 371 g/mol. The predicted molar refractivity (Wildman–Crippen MR) is 102 cm³/mol. The molecule has 1 aliphatic rings. The molecule has 1 fully saturated rings. The summed E-state index contributed by atoms with van der Waals surface area (Å²) in [6, 6.07) is 6.76. The van der Waals surface area contributed by atoms with Crippen molar-refractivity contribution in [3.05, 3.63) is 40.3 Å². The lowest BCUT2D eigenvalue weighted by molar-refractivity contribution is -0.137. The van der Waals surface area contributed by atoms with E-state index in [4.69, 9.17) is 4.74 Å². The second-order valence-electron chi connectivity index (χ2n) is 7.25. The number of amides is 1. The van der Waals surface area contributed by atoms with Crippen molar-refractivity contribution in [1.29, 1.82) is 0 Å². The number of rotatable bonds is 4. The lowest BCUT2D eigenvalue weighted by Gasteiger charge is -2.33. The normalized spacial score (nSPS) is 17.3. The number of carbonyl (C=O) groups is 2. The van der Waals surface area contributed by atoms with Crippen molar-refractivity contribution in [2.45, 2.75) is 52.1 Å². The Balaban J connectivity index is 1.84. The number of fused-ring (bicyclic) bond motifs is 1. The summed E-state index contributed by atoms with van der Waals surface area (Å²) in [4.78, 5) is 39.4. The molecule has 27 heavy (non-hydrogen) atoms. The molecule has 7 nitrogen and oxygen atoms in total. The van der Waals surface area contributed by atoms with E-state index >= 15 is 0 Å². The van der Waals surface area contributed by atoms with Crippen molar-refractivity contribution >= 4 is 22.6 Å². The number of benzene rings is 1. The highest BCUT2D eigenvalue weighted by Crippen LogP contribution is 2.18. The Hall–Kier alpha value is -2.70. The summed E-state index contributed by atoms with van der Waals surface area (Å²) in [6.07, 6.45) is 3.04. The standard InChI is InChI=1S/C20H25N3O4/c1-13(2)23-19(25)16-10-5-4-9-15(16)18(21-23)20(26)27-12-17(24)22-11-7-6-8-14(22)3/h4-5,9-10,13-14H,6-8,11-12H2,1-3H3/t14-/m1/s1. The van der Waals surface area contributed by atoms with Gasteiger partial charge in [-0.2, -0.15) is 5.10 Å². The van der Waals surface area contributed by atoms with Gasteiger partial charge >= 0.3 is 5.97 Å². The van der Waals surface area contributed by atoms with Crippen LogP contribution in [0.15, 0.2) is 29.1 Å². The maximum absolute atomic E-state index is 12.6. The lowest BCUT2D eigenvalue weighted by Crippen LogP contribution is -2.44. The summed E-state index contributed by atoms with van der Waals surface area (Å²) in [5.74, 6) is -0.893. The molecule has 1 aliphatic heterocycles. The molecule has 2 heterocycles. The molecule has 0 radical (unpaired) electrons. The van der Waals surface area contributed by atoms with Crippen LogP contribution in [-0.4, -0.2) is 45.8 Å². The molecule has 0 spiro atoms. The van der Waals surface area contributed by atoms with Crippen LogP contribution in [0.4, 0.5) is 0 Å². The van der Waals surface area contributed by atoms with Gasteiger partial charge in [0, 0.05) is 18.0 Å². The number of carbonyl (C=O) groups excluding carboxylic acids is 2. The quantitative estimate of drug-likeness (QED) is 0.772. The van der Waals surface area contributed by atoms with Gasteiger partial charge in [0.25, 0.3) is 11.5 Å².